The predicted molar refractivity (Wildman–Crippen MR) is 108 cm³/mol. The van der Waals surface area contributed by atoms with Crippen LogP contribution in [0.1, 0.15) is 62.7 Å². The van der Waals surface area contributed by atoms with Crippen molar-refractivity contribution >= 4 is 10.0 Å². The van der Waals surface area contributed by atoms with Gasteiger partial charge in [0.2, 0.25) is 10.0 Å². The molecule has 2 aliphatic rings. The highest BCUT2D eigenvalue weighted by molar-refractivity contribution is 7.88. The number of aromatic nitrogens is 1. The van der Waals surface area contributed by atoms with Crippen LogP contribution in [0.5, 0.6) is 0 Å². The van der Waals surface area contributed by atoms with Gasteiger partial charge in [-0.05, 0) is 56.6 Å². The van der Waals surface area contributed by atoms with Crippen LogP contribution in [0, 0.1) is 5.92 Å². The molecule has 0 radical (unpaired) electrons. The molecule has 3 rings (SSSR count). The van der Waals surface area contributed by atoms with Crippen molar-refractivity contribution in [2.75, 3.05) is 12.9 Å². The first kappa shape index (κ1) is 21.5. The second kappa shape index (κ2) is 9.07. The molecule has 1 saturated carbocycles. The van der Waals surface area contributed by atoms with Gasteiger partial charge in [-0.2, -0.15) is 0 Å². The minimum absolute atomic E-state index is 0.156. The van der Waals surface area contributed by atoms with Crippen LogP contribution in [0.3, 0.4) is 0 Å². The van der Waals surface area contributed by atoms with Crippen LogP contribution in [0.25, 0.3) is 0 Å². The van der Waals surface area contributed by atoms with Gasteiger partial charge in [0.05, 0.1) is 31.6 Å². The molecule has 158 valence electrons. The zero-order valence-corrected chi connectivity index (χ0v) is 17.6. The number of ether oxygens (including phenoxy) is 1. The Balaban J connectivity index is 1.82. The van der Waals surface area contributed by atoms with Crippen molar-refractivity contribution in [2.24, 2.45) is 5.92 Å². The zero-order valence-electron chi connectivity index (χ0n) is 16.8. The molecule has 2 atom stereocenters. The number of aliphatic hydroxyl groups is 1. The zero-order chi connectivity index (χ0) is 20.3. The van der Waals surface area contributed by atoms with Gasteiger partial charge >= 0.3 is 0 Å². The van der Waals surface area contributed by atoms with Gasteiger partial charge in [0, 0.05) is 17.3 Å². The molecule has 8 heteroatoms. The predicted octanol–water partition coefficient (Wildman–Crippen LogP) is 1.73. The van der Waals surface area contributed by atoms with E-state index >= 15 is 0 Å². The smallest absolute Gasteiger partial charge is 0.256 e. The van der Waals surface area contributed by atoms with E-state index in [-0.39, 0.29) is 24.9 Å². The summed E-state index contributed by atoms with van der Waals surface area (Å²) in [6, 6.07) is 2.69. The summed E-state index contributed by atoms with van der Waals surface area (Å²) in [5, 5.41) is 9.48. The fourth-order valence-corrected chi connectivity index (χ4v) is 5.37. The minimum atomic E-state index is -3.41. The summed E-state index contributed by atoms with van der Waals surface area (Å²) in [4.78, 5) is 12.9. The van der Waals surface area contributed by atoms with E-state index in [2.05, 4.69) is 11.6 Å². The Morgan fingerprint density at radius 2 is 1.93 bits per heavy atom. The summed E-state index contributed by atoms with van der Waals surface area (Å²) in [6.45, 7) is 2.17. The highest BCUT2D eigenvalue weighted by atomic mass is 32.2. The number of hydrogen-bond donors (Lipinski definition) is 2. The Morgan fingerprint density at radius 3 is 2.54 bits per heavy atom. The Labute approximate surface area is 167 Å². The molecule has 1 aliphatic carbocycles. The third-order valence-electron chi connectivity index (χ3n) is 6.20. The van der Waals surface area contributed by atoms with Crippen molar-refractivity contribution in [1.29, 1.82) is 0 Å². The third kappa shape index (κ3) is 5.03. The van der Waals surface area contributed by atoms with Gasteiger partial charge < -0.3 is 14.4 Å². The summed E-state index contributed by atoms with van der Waals surface area (Å²) in [5.41, 5.74) is 0.914. The Hall–Kier alpha value is -1.22. The molecular formula is C20H32N2O5S. The van der Waals surface area contributed by atoms with E-state index in [4.69, 9.17) is 4.74 Å². The number of aryl methyl sites for hydroxylation is 1. The molecule has 2 N–H and O–H groups in total. The molecule has 1 aromatic rings. The summed E-state index contributed by atoms with van der Waals surface area (Å²) >= 11 is 0. The average molecular weight is 413 g/mol. The standard InChI is InChI=1S/C20H32N2O5S/c1-3-14-4-9-17(10-5-14)27-13-19-18(21-28(2,25)26)11-8-16-7-6-15(12-23)20(24)22(16)19/h6-7,14,17-19,21,23H,3-5,8-13H2,1-2H3. The van der Waals surface area contributed by atoms with Gasteiger partial charge in [0.15, 0.2) is 0 Å². The van der Waals surface area contributed by atoms with Crippen molar-refractivity contribution in [3.63, 3.8) is 0 Å². The first-order valence-corrected chi connectivity index (χ1v) is 12.1. The lowest BCUT2D eigenvalue weighted by molar-refractivity contribution is -0.00701. The molecule has 0 amide bonds. The second-order valence-electron chi connectivity index (χ2n) is 8.17. The van der Waals surface area contributed by atoms with Crippen LogP contribution in [-0.2, 0) is 27.8 Å². The summed E-state index contributed by atoms with van der Waals surface area (Å²) in [7, 11) is -3.41. The lowest BCUT2D eigenvalue weighted by Crippen LogP contribution is -2.50. The molecule has 0 saturated heterocycles. The number of rotatable bonds is 7. The molecular weight excluding hydrogens is 380 g/mol. The first-order valence-electron chi connectivity index (χ1n) is 10.3. The number of nitrogens with one attached hydrogen (secondary N) is 1. The number of hydrogen-bond acceptors (Lipinski definition) is 5. The molecule has 1 fully saturated rings. The number of pyridine rings is 1. The Kier molecular flexibility index (Phi) is 6.96. The van der Waals surface area contributed by atoms with Gasteiger partial charge in [-0.15, -0.1) is 0 Å². The molecule has 0 aromatic carbocycles. The second-order valence-corrected chi connectivity index (χ2v) is 9.95. The van der Waals surface area contributed by atoms with E-state index in [1.54, 1.807) is 10.6 Å². The van der Waals surface area contributed by atoms with Crippen LogP contribution in [0.15, 0.2) is 16.9 Å². The van der Waals surface area contributed by atoms with Crippen LogP contribution in [0.2, 0.25) is 0 Å². The van der Waals surface area contributed by atoms with E-state index in [0.717, 1.165) is 43.6 Å². The van der Waals surface area contributed by atoms with E-state index in [9.17, 15) is 18.3 Å². The normalized spacial score (nSPS) is 28.1. The van der Waals surface area contributed by atoms with Crippen molar-refractivity contribution < 1.29 is 18.3 Å². The van der Waals surface area contributed by atoms with E-state index in [0.29, 0.717) is 18.4 Å². The van der Waals surface area contributed by atoms with Crippen LogP contribution in [-0.4, -0.2) is 43.1 Å². The van der Waals surface area contributed by atoms with Crippen molar-refractivity contribution in [1.82, 2.24) is 9.29 Å². The van der Waals surface area contributed by atoms with Crippen molar-refractivity contribution in [2.45, 2.75) is 76.7 Å². The fourth-order valence-electron chi connectivity index (χ4n) is 4.54. The average Bonchev–Trinajstić information content (AvgIpc) is 2.66. The molecule has 2 heterocycles. The minimum Gasteiger partial charge on any atom is -0.391 e. The van der Waals surface area contributed by atoms with Crippen LogP contribution >= 0.6 is 0 Å². The van der Waals surface area contributed by atoms with Gasteiger partial charge in [-0.25, -0.2) is 13.1 Å². The quantitative estimate of drug-likeness (QED) is 0.711. The fraction of sp³-hybridized carbons (Fsp3) is 0.750. The molecule has 0 bridgehead atoms. The van der Waals surface area contributed by atoms with Gasteiger partial charge in [0.1, 0.15) is 0 Å². The van der Waals surface area contributed by atoms with E-state index < -0.39 is 22.1 Å². The molecule has 0 spiro atoms. The Morgan fingerprint density at radius 1 is 1.21 bits per heavy atom. The number of sulfonamides is 1. The Bertz CT molecular complexity index is 827. The lowest BCUT2D eigenvalue weighted by atomic mass is 9.86. The maximum Gasteiger partial charge on any atom is 0.256 e. The van der Waals surface area contributed by atoms with Crippen molar-refractivity contribution in [3.8, 4) is 0 Å². The highest BCUT2D eigenvalue weighted by Gasteiger charge is 2.33. The molecule has 28 heavy (non-hydrogen) atoms. The maximum absolute atomic E-state index is 12.9. The van der Waals surface area contributed by atoms with Gasteiger partial charge in [-0.1, -0.05) is 13.3 Å². The topological polar surface area (TPSA) is 97.6 Å². The molecule has 1 aliphatic heterocycles. The number of nitrogens with zero attached hydrogens (tertiary/aromatic N) is 1. The number of fused-ring (bicyclic) bond motifs is 1. The monoisotopic (exact) mass is 412 g/mol. The van der Waals surface area contributed by atoms with Crippen LogP contribution < -0.4 is 10.3 Å². The largest absolute Gasteiger partial charge is 0.391 e. The lowest BCUT2D eigenvalue weighted by Gasteiger charge is -2.37. The molecule has 7 nitrogen and oxygen atoms in total. The molecule has 2 unspecified atom stereocenters. The van der Waals surface area contributed by atoms with E-state index in [1.165, 1.54) is 6.42 Å². The summed E-state index contributed by atoms with van der Waals surface area (Å²) in [6.07, 6.45) is 8.03. The van der Waals surface area contributed by atoms with Crippen LogP contribution in [0.4, 0.5) is 0 Å². The molecule has 1 aromatic heterocycles. The van der Waals surface area contributed by atoms with Crippen molar-refractivity contribution in [3.05, 3.63) is 33.7 Å². The highest BCUT2D eigenvalue weighted by Crippen LogP contribution is 2.30. The van der Waals surface area contributed by atoms with Gasteiger partial charge in [0.25, 0.3) is 5.56 Å². The first-order chi connectivity index (χ1) is 13.3. The SMILES string of the molecule is CCC1CCC(OCC2C(NS(C)(=O)=O)CCc3ccc(CO)c(=O)n32)CC1. The van der Waals surface area contributed by atoms with E-state index in [1.807, 2.05) is 6.07 Å². The summed E-state index contributed by atoms with van der Waals surface area (Å²) < 4.78 is 34.2. The maximum atomic E-state index is 12.9. The number of aliphatic hydroxyl groups excluding tert-OH is 1. The summed E-state index contributed by atoms with van der Waals surface area (Å²) in [5.74, 6) is 0.768. The third-order valence-corrected chi connectivity index (χ3v) is 6.93. The van der Waals surface area contributed by atoms with Gasteiger partial charge in [-0.3, -0.25) is 4.79 Å².